The van der Waals surface area contributed by atoms with Crippen LogP contribution in [0.3, 0.4) is 0 Å². The lowest BCUT2D eigenvalue weighted by Gasteiger charge is -2.10. The number of hydrogen-bond donors (Lipinski definition) is 1. The molecule has 0 spiro atoms. The van der Waals surface area contributed by atoms with Gasteiger partial charge in [-0.15, -0.1) is 0 Å². The van der Waals surface area contributed by atoms with Crippen LogP contribution in [0.5, 0.6) is 23.4 Å². The molecule has 1 N–H and O–H groups in total. The first kappa shape index (κ1) is 21.2. The second-order valence-corrected chi connectivity index (χ2v) is 8.41. The standard InChI is InChI=1S/C24H16BrN7O3/c1-2-15-21(25)20-22(29-15)30-24(35-14-3-5-16-17(11-14)27-8-7-26-16)31-23(20)34-13-4-6-19-18(12-13)28-9-10-32(19)33/h3-12H,2H2,1H3,(H,29,30,31). The number of aryl methyl sites for hydroxylation is 1. The van der Waals surface area contributed by atoms with E-state index in [1.54, 1.807) is 42.7 Å². The van der Waals surface area contributed by atoms with Crippen LogP contribution in [0.4, 0.5) is 0 Å². The Morgan fingerprint density at radius 2 is 1.66 bits per heavy atom. The molecule has 35 heavy (non-hydrogen) atoms. The molecular weight excluding hydrogens is 514 g/mol. The Morgan fingerprint density at radius 1 is 0.914 bits per heavy atom. The van der Waals surface area contributed by atoms with Crippen molar-refractivity contribution < 1.29 is 14.2 Å². The Bertz CT molecular complexity index is 1740. The molecule has 0 aliphatic rings. The van der Waals surface area contributed by atoms with Gasteiger partial charge in [-0.05, 0) is 40.5 Å². The summed E-state index contributed by atoms with van der Waals surface area (Å²) in [6, 6.07) is 10.5. The fraction of sp³-hybridized carbons (Fsp3) is 0.0833. The van der Waals surface area contributed by atoms with E-state index in [9.17, 15) is 5.21 Å². The molecule has 0 aliphatic heterocycles. The molecule has 6 aromatic rings. The number of hydrogen-bond acceptors (Lipinski definition) is 8. The average molecular weight is 530 g/mol. The highest BCUT2D eigenvalue weighted by molar-refractivity contribution is 9.10. The maximum Gasteiger partial charge on any atom is 0.327 e. The predicted molar refractivity (Wildman–Crippen MR) is 131 cm³/mol. The van der Waals surface area contributed by atoms with Crippen molar-refractivity contribution in [3.05, 3.63) is 76.6 Å². The van der Waals surface area contributed by atoms with E-state index in [-0.39, 0.29) is 6.01 Å². The molecule has 4 aromatic heterocycles. The Hall–Kier alpha value is -4.38. The number of aromatic nitrogens is 7. The van der Waals surface area contributed by atoms with Gasteiger partial charge in [-0.3, -0.25) is 9.97 Å². The third-order valence-electron chi connectivity index (χ3n) is 5.43. The first-order valence-electron chi connectivity index (χ1n) is 10.7. The lowest BCUT2D eigenvalue weighted by molar-refractivity contribution is -0.577. The maximum absolute atomic E-state index is 12.0. The number of H-pyrrole nitrogens is 1. The Labute approximate surface area is 206 Å². The Balaban J connectivity index is 1.43. The molecular formula is C24H16BrN7O3. The van der Waals surface area contributed by atoms with Gasteiger partial charge >= 0.3 is 6.01 Å². The number of rotatable bonds is 5. The second-order valence-electron chi connectivity index (χ2n) is 7.62. The van der Waals surface area contributed by atoms with Crippen LogP contribution in [-0.2, 0) is 6.42 Å². The first-order valence-corrected chi connectivity index (χ1v) is 11.5. The fourth-order valence-corrected chi connectivity index (χ4v) is 4.49. The Kier molecular flexibility index (Phi) is 5.10. The van der Waals surface area contributed by atoms with E-state index in [2.05, 4.69) is 45.8 Å². The van der Waals surface area contributed by atoms with Gasteiger partial charge in [-0.1, -0.05) is 6.92 Å². The molecule has 2 aromatic carbocycles. The van der Waals surface area contributed by atoms with E-state index in [4.69, 9.17) is 9.47 Å². The zero-order valence-electron chi connectivity index (χ0n) is 18.3. The lowest BCUT2D eigenvalue weighted by Crippen LogP contribution is -2.26. The van der Waals surface area contributed by atoms with Crippen molar-refractivity contribution in [1.82, 2.24) is 29.9 Å². The molecule has 10 nitrogen and oxygen atoms in total. The summed E-state index contributed by atoms with van der Waals surface area (Å²) in [7, 11) is 0. The van der Waals surface area contributed by atoms with Crippen LogP contribution >= 0.6 is 15.9 Å². The third-order valence-corrected chi connectivity index (χ3v) is 6.30. The van der Waals surface area contributed by atoms with Crippen molar-refractivity contribution >= 4 is 49.0 Å². The summed E-state index contributed by atoms with van der Waals surface area (Å²) in [5.41, 5.74) is 3.90. The molecule has 0 fully saturated rings. The van der Waals surface area contributed by atoms with Crippen LogP contribution in [-0.4, -0.2) is 29.9 Å². The van der Waals surface area contributed by atoms with E-state index in [1.807, 2.05) is 13.0 Å². The highest BCUT2D eigenvalue weighted by Crippen LogP contribution is 2.37. The second kappa shape index (κ2) is 8.44. The molecule has 0 amide bonds. The van der Waals surface area contributed by atoms with Gasteiger partial charge in [0.05, 0.1) is 27.1 Å². The van der Waals surface area contributed by atoms with Gasteiger partial charge in [0.1, 0.15) is 22.7 Å². The van der Waals surface area contributed by atoms with Crippen LogP contribution in [0, 0.1) is 5.21 Å². The summed E-state index contributed by atoms with van der Waals surface area (Å²) in [5.74, 6) is 1.27. The minimum Gasteiger partial charge on any atom is -0.618 e. The van der Waals surface area contributed by atoms with Crippen LogP contribution in [0.1, 0.15) is 12.6 Å². The molecule has 6 rings (SSSR count). The third kappa shape index (κ3) is 3.85. The van der Waals surface area contributed by atoms with Gasteiger partial charge in [0.15, 0.2) is 6.20 Å². The number of aromatic amines is 1. The van der Waals surface area contributed by atoms with E-state index in [0.717, 1.165) is 26.8 Å². The van der Waals surface area contributed by atoms with Gasteiger partial charge in [0.2, 0.25) is 11.4 Å². The van der Waals surface area contributed by atoms with Crippen LogP contribution in [0.2, 0.25) is 0 Å². The average Bonchev–Trinajstić information content (AvgIpc) is 3.19. The van der Waals surface area contributed by atoms with Crippen LogP contribution in [0.25, 0.3) is 33.1 Å². The summed E-state index contributed by atoms with van der Waals surface area (Å²) in [6.07, 6.45) is 6.80. The molecule has 0 aliphatic carbocycles. The van der Waals surface area contributed by atoms with Crippen LogP contribution < -0.4 is 14.2 Å². The zero-order chi connectivity index (χ0) is 23.9. The zero-order valence-corrected chi connectivity index (χ0v) is 19.9. The van der Waals surface area contributed by atoms with Gasteiger partial charge < -0.3 is 19.7 Å². The Morgan fingerprint density at radius 3 is 2.51 bits per heavy atom. The first-order chi connectivity index (χ1) is 17.1. The SMILES string of the molecule is CCc1[nH]c2nc(Oc3ccc4nccnc4c3)nc(Oc3ccc4c(c3)ncc[n+]4[O-])c2c1Br. The minimum absolute atomic E-state index is 0.100. The number of halogens is 1. The van der Waals surface area contributed by atoms with Gasteiger partial charge in [0, 0.05) is 36.3 Å². The summed E-state index contributed by atoms with van der Waals surface area (Å²) in [4.78, 5) is 25.2. The quantitative estimate of drug-likeness (QED) is 0.244. The highest BCUT2D eigenvalue weighted by Gasteiger charge is 2.20. The number of nitrogens with zero attached hydrogens (tertiary/aromatic N) is 6. The van der Waals surface area contributed by atoms with E-state index in [0.29, 0.717) is 45.0 Å². The van der Waals surface area contributed by atoms with Crippen LogP contribution in [0.15, 0.2) is 65.7 Å². The highest BCUT2D eigenvalue weighted by atomic mass is 79.9. The summed E-state index contributed by atoms with van der Waals surface area (Å²) < 4.78 is 13.7. The monoisotopic (exact) mass is 529 g/mol. The number of nitrogens with one attached hydrogen (secondary N) is 1. The summed E-state index contributed by atoms with van der Waals surface area (Å²) >= 11 is 3.64. The predicted octanol–water partition coefficient (Wildman–Crippen LogP) is 4.99. The number of benzene rings is 2. The molecule has 0 saturated heterocycles. The van der Waals surface area contributed by atoms with Crippen molar-refractivity contribution in [2.24, 2.45) is 0 Å². The van der Waals surface area contributed by atoms with Crippen molar-refractivity contribution in [3.63, 3.8) is 0 Å². The van der Waals surface area contributed by atoms with Crippen molar-refractivity contribution in [3.8, 4) is 23.4 Å². The normalized spacial score (nSPS) is 11.4. The maximum atomic E-state index is 12.0. The van der Waals surface area contributed by atoms with Crippen molar-refractivity contribution in [1.29, 1.82) is 0 Å². The summed E-state index contributed by atoms with van der Waals surface area (Å²) in [5, 5.41) is 12.7. The topological polar surface area (TPSA) is 126 Å². The molecule has 11 heteroatoms. The number of ether oxygens (including phenoxy) is 2. The lowest BCUT2D eigenvalue weighted by atomic mass is 10.3. The van der Waals surface area contributed by atoms with Crippen molar-refractivity contribution in [2.45, 2.75) is 13.3 Å². The molecule has 0 saturated carbocycles. The molecule has 0 unspecified atom stereocenters. The molecule has 0 atom stereocenters. The van der Waals surface area contributed by atoms with Gasteiger partial charge in [-0.25, -0.2) is 4.98 Å². The van der Waals surface area contributed by atoms with E-state index in [1.165, 1.54) is 12.4 Å². The smallest absolute Gasteiger partial charge is 0.327 e. The summed E-state index contributed by atoms with van der Waals surface area (Å²) in [6.45, 7) is 2.03. The number of fused-ring (bicyclic) bond motifs is 3. The van der Waals surface area contributed by atoms with Gasteiger partial charge in [0.25, 0.3) is 0 Å². The molecule has 172 valence electrons. The van der Waals surface area contributed by atoms with E-state index >= 15 is 0 Å². The largest absolute Gasteiger partial charge is 0.618 e. The molecule has 0 bridgehead atoms. The van der Waals surface area contributed by atoms with Crippen molar-refractivity contribution in [2.75, 3.05) is 0 Å². The molecule has 0 radical (unpaired) electrons. The van der Waals surface area contributed by atoms with E-state index < -0.39 is 0 Å². The fourth-order valence-electron chi connectivity index (χ4n) is 3.76. The minimum atomic E-state index is 0.100. The van der Waals surface area contributed by atoms with Gasteiger partial charge in [-0.2, -0.15) is 14.7 Å². The molecule has 4 heterocycles.